The highest BCUT2D eigenvalue weighted by Gasteiger charge is 2.10. The number of aryl methyl sites for hydroxylation is 2. The Kier molecular flexibility index (Phi) is 5.23. The Hall–Kier alpha value is -0.440. The summed E-state index contributed by atoms with van der Waals surface area (Å²) in [7, 11) is 0. The molecule has 0 bridgehead atoms. The van der Waals surface area contributed by atoms with Crippen molar-refractivity contribution in [3.8, 4) is 0 Å². The van der Waals surface area contributed by atoms with Crippen LogP contribution in [0.4, 0.5) is 0 Å². The van der Waals surface area contributed by atoms with Crippen LogP contribution in [0.2, 0.25) is 0 Å². The average molecular weight is 226 g/mol. The van der Waals surface area contributed by atoms with Gasteiger partial charge in [0.15, 0.2) is 0 Å². The fourth-order valence-corrected chi connectivity index (χ4v) is 2.06. The molecule has 1 unspecified atom stereocenters. The Morgan fingerprint density at radius 2 is 2.07 bits per heavy atom. The van der Waals surface area contributed by atoms with E-state index in [2.05, 4.69) is 49.2 Å². The standard InChI is InChI=1S/C12H22N2S/c1-4-10(9-15)8-14-12(6-3)7-11(5-2)13-14/h7,10,15H,4-6,8-9H2,1-3H3. The summed E-state index contributed by atoms with van der Waals surface area (Å²) in [6.07, 6.45) is 3.27. The molecule has 0 aliphatic heterocycles. The van der Waals surface area contributed by atoms with E-state index in [-0.39, 0.29) is 0 Å². The number of thiol groups is 1. The van der Waals surface area contributed by atoms with Gasteiger partial charge in [0.25, 0.3) is 0 Å². The highest BCUT2D eigenvalue weighted by molar-refractivity contribution is 7.80. The molecule has 1 heterocycles. The van der Waals surface area contributed by atoms with E-state index in [9.17, 15) is 0 Å². The maximum absolute atomic E-state index is 4.62. The Morgan fingerprint density at radius 1 is 1.33 bits per heavy atom. The van der Waals surface area contributed by atoms with Gasteiger partial charge >= 0.3 is 0 Å². The van der Waals surface area contributed by atoms with E-state index in [0.717, 1.165) is 25.1 Å². The van der Waals surface area contributed by atoms with Gasteiger partial charge in [-0.25, -0.2) is 0 Å². The number of aromatic nitrogens is 2. The molecule has 1 aromatic heterocycles. The van der Waals surface area contributed by atoms with Gasteiger partial charge in [-0.05, 0) is 30.6 Å². The Bertz CT molecular complexity index is 290. The molecule has 0 spiro atoms. The minimum absolute atomic E-state index is 0.642. The normalized spacial score (nSPS) is 13.1. The summed E-state index contributed by atoms with van der Waals surface area (Å²) >= 11 is 4.38. The van der Waals surface area contributed by atoms with Gasteiger partial charge < -0.3 is 0 Å². The van der Waals surface area contributed by atoms with Crippen LogP contribution < -0.4 is 0 Å². The van der Waals surface area contributed by atoms with Gasteiger partial charge in [-0.2, -0.15) is 17.7 Å². The molecule has 0 radical (unpaired) electrons. The Labute approximate surface area is 98.5 Å². The molecule has 2 nitrogen and oxygen atoms in total. The summed E-state index contributed by atoms with van der Waals surface area (Å²) in [6, 6.07) is 2.23. The molecular weight excluding hydrogens is 204 g/mol. The lowest BCUT2D eigenvalue weighted by molar-refractivity contribution is 0.434. The van der Waals surface area contributed by atoms with Crippen LogP contribution in [0.1, 0.15) is 38.6 Å². The molecule has 0 aliphatic carbocycles. The van der Waals surface area contributed by atoms with Crippen molar-refractivity contribution >= 4 is 12.6 Å². The third-order valence-corrected chi connectivity index (χ3v) is 3.42. The van der Waals surface area contributed by atoms with Crippen LogP contribution in [-0.4, -0.2) is 15.5 Å². The van der Waals surface area contributed by atoms with Gasteiger partial charge in [-0.1, -0.05) is 27.2 Å². The van der Waals surface area contributed by atoms with Crippen LogP contribution in [-0.2, 0) is 19.4 Å². The summed E-state index contributed by atoms with van der Waals surface area (Å²) in [4.78, 5) is 0. The second kappa shape index (κ2) is 6.21. The summed E-state index contributed by atoms with van der Waals surface area (Å²) in [5, 5.41) is 4.62. The van der Waals surface area contributed by atoms with Crippen LogP contribution in [0, 0.1) is 5.92 Å². The first-order valence-electron chi connectivity index (χ1n) is 5.91. The number of rotatable bonds is 6. The van der Waals surface area contributed by atoms with Crippen LogP contribution in [0.15, 0.2) is 6.07 Å². The summed E-state index contributed by atoms with van der Waals surface area (Å²) in [5.41, 5.74) is 2.56. The smallest absolute Gasteiger partial charge is 0.0624 e. The SMILES string of the molecule is CCc1cc(CC)n(CC(CC)CS)n1. The van der Waals surface area contributed by atoms with Crippen molar-refractivity contribution in [3.63, 3.8) is 0 Å². The van der Waals surface area contributed by atoms with Crippen LogP contribution in [0.5, 0.6) is 0 Å². The lowest BCUT2D eigenvalue weighted by Gasteiger charge is -2.13. The highest BCUT2D eigenvalue weighted by Crippen LogP contribution is 2.12. The van der Waals surface area contributed by atoms with Gasteiger partial charge in [-0.3, -0.25) is 4.68 Å². The second-order valence-electron chi connectivity index (χ2n) is 3.97. The van der Waals surface area contributed by atoms with E-state index in [1.54, 1.807) is 0 Å². The molecule has 1 atom stereocenters. The van der Waals surface area contributed by atoms with Crippen molar-refractivity contribution in [2.24, 2.45) is 5.92 Å². The first-order chi connectivity index (χ1) is 7.24. The molecule has 0 amide bonds. The number of nitrogens with zero attached hydrogens (tertiary/aromatic N) is 2. The van der Waals surface area contributed by atoms with E-state index in [0.29, 0.717) is 5.92 Å². The van der Waals surface area contributed by atoms with Gasteiger partial charge in [0, 0.05) is 12.2 Å². The molecule has 0 saturated heterocycles. The zero-order valence-electron chi connectivity index (χ0n) is 10.0. The molecule has 0 fully saturated rings. The fraction of sp³-hybridized carbons (Fsp3) is 0.750. The van der Waals surface area contributed by atoms with Gasteiger partial charge in [-0.15, -0.1) is 0 Å². The summed E-state index contributed by atoms with van der Waals surface area (Å²) < 4.78 is 2.17. The van der Waals surface area contributed by atoms with Crippen molar-refractivity contribution < 1.29 is 0 Å². The topological polar surface area (TPSA) is 17.8 Å². The minimum Gasteiger partial charge on any atom is -0.269 e. The predicted octanol–water partition coefficient (Wildman–Crippen LogP) is 2.96. The minimum atomic E-state index is 0.642. The van der Waals surface area contributed by atoms with Crippen LogP contribution in [0.25, 0.3) is 0 Å². The van der Waals surface area contributed by atoms with Gasteiger partial charge in [0.2, 0.25) is 0 Å². The fourth-order valence-electron chi connectivity index (χ4n) is 1.69. The molecule has 0 aliphatic rings. The van der Waals surface area contributed by atoms with E-state index < -0.39 is 0 Å². The molecule has 0 saturated carbocycles. The molecule has 3 heteroatoms. The predicted molar refractivity (Wildman–Crippen MR) is 68.6 cm³/mol. The molecule has 0 aromatic carbocycles. The first kappa shape index (κ1) is 12.6. The average Bonchev–Trinajstić information content (AvgIpc) is 2.68. The molecule has 0 N–H and O–H groups in total. The Balaban J connectivity index is 2.77. The quantitative estimate of drug-likeness (QED) is 0.738. The summed E-state index contributed by atoms with van der Waals surface area (Å²) in [5.74, 6) is 1.59. The molecule has 15 heavy (non-hydrogen) atoms. The van der Waals surface area contributed by atoms with Crippen LogP contribution in [0.3, 0.4) is 0 Å². The third kappa shape index (κ3) is 3.26. The van der Waals surface area contributed by atoms with Gasteiger partial charge in [0.05, 0.1) is 5.69 Å². The van der Waals surface area contributed by atoms with Crippen molar-refractivity contribution in [2.75, 3.05) is 5.75 Å². The Morgan fingerprint density at radius 3 is 2.53 bits per heavy atom. The largest absolute Gasteiger partial charge is 0.269 e. The second-order valence-corrected chi connectivity index (χ2v) is 4.34. The zero-order valence-corrected chi connectivity index (χ0v) is 10.9. The third-order valence-electron chi connectivity index (χ3n) is 2.91. The molecule has 86 valence electrons. The monoisotopic (exact) mass is 226 g/mol. The lowest BCUT2D eigenvalue weighted by atomic mass is 10.1. The highest BCUT2D eigenvalue weighted by atomic mass is 32.1. The van der Waals surface area contributed by atoms with Crippen molar-refractivity contribution in [3.05, 3.63) is 17.5 Å². The zero-order chi connectivity index (χ0) is 11.3. The van der Waals surface area contributed by atoms with Crippen molar-refractivity contribution in [2.45, 2.75) is 46.6 Å². The molecule has 1 aromatic rings. The maximum atomic E-state index is 4.62. The van der Waals surface area contributed by atoms with Crippen molar-refractivity contribution in [1.82, 2.24) is 9.78 Å². The van der Waals surface area contributed by atoms with E-state index in [1.165, 1.54) is 17.8 Å². The first-order valence-corrected chi connectivity index (χ1v) is 6.54. The number of hydrogen-bond donors (Lipinski definition) is 1. The van der Waals surface area contributed by atoms with E-state index >= 15 is 0 Å². The number of hydrogen-bond acceptors (Lipinski definition) is 2. The lowest BCUT2D eigenvalue weighted by Crippen LogP contribution is -2.14. The maximum Gasteiger partial charge on any atom is 0.0624 e. The summed E-state index contributed by atoms with van der Waals surface area (Å²) in [6.45, 7) is 7.58. The van der Waals surface area contributed by atoms with E-state index in [1.807, 2.05) is 0 Å². The van der Waals surface area contributed by atoms with Crippen LogP contribution >= 0.6 is 12.6 Å². The van der Waals surface area contributed by atoms with Gasteiger partial charge in [0.1, 0.15) is 0 Å². The molecule has 1 rings (SSSR count). The van der Waals surface area contributed by atoms with E-state index in [4.69, 9.17) is 0 Å². The molecular formula is C12H22N2S. The van der Waals surface area contributed by atoms with Crippen molar-refractivity contribution in [1.29, 1.82) is 0 Å².